The lowest BCUT2D eigenvalue weighted by Gasteiger charge is -2.37. The number of carbonyl (C=O) groups is 2. The zero-order chi connectivity index (χ0) is 28.4. The number of nitrogens with one attached hydrogen (secondary N) is 1. The smallest absolute Gasteiger partial charge is 0.337 e. The fourth-order valence-corrected chi connectivity index (χ4v) is 6.27. The van der Waals surface area contributed by atoms with Gasteiger partial charge in [-0.25, -0.2) is 4.79 Å². The van der Waals surface area contributed by atoms with Crippen LogP contribution in [0.3, 0.4) is 0 Å². The Morgan fingerprint density at radius 1 is 0.875 bits per heavy atom. The van der Waals surface area contributed by atoms with Crippen molar-refractivity contribution >= 4 is 11.8 Å². The third-order valence-electron chi connectivity index (χ3n) is 8.29. The lowest BCUT2D eigenvalue weighted by molar-refractivity contribution is -0.146. The number of phenolic OH excluding ortho intramolecular Hbond substituents is 1. The van der Waals surface area contributed by atoms with E-state index >= 15 is 0 Å². The minimum Gasteiger partial charge on any atom is -0.504 e. The van der Waals surface area contributed by atoms with E-state index in [9.17, 15) is 14.7 Å². The van der Waals surface area contributed by atoms with Crippen molar-refractivity contribution in [3.8, 4) is 23.0 Å². The average molecular weight is 548 g/mol. The molecular formula is C32H37NO7. The monoisotopic (exact) mass is 547 g/mol. The molecule has 212 valence electrons. The first-order valence-corrected chi connectivity index (χ1v) is 13.9. The summed E-state index contributed by atoms with van der Waals surface area (Å²) in [4.78, 5) is 27.6. The van der Waals surface area contributed by atoms with Gasteiger partial charge in [-0.15, -0.1) is 0 Å². The SMILES string of the molecule is COc1ccc(C2C(C(=O)OC3CCCCC3)=C(C)NC3=C2C(=O)CC(c2ccc(OC)c(OC)c2)C3)cc1O. The molecule has 0 saturated heterocycles. The second-order valence-electron chi connectivity index (χ2n) is 10.7. The first-order chi connectivity index (χ1) is 19.3. The van der Waals surface area contributed by atoms with E-state index in [1.165, 1.54) is 7.11 Å². The van der Waals surface area contributed by atoms with Crippen molar-refractivity contribution < 1.29 is 33.6 Å². The number of ether oxygens (including phenoxy) is 4. The van der Waals surface area contributed by atoms with Crippen LogP contribution in [0.4, 0.5) is 0 Å². The van der Waals surface area contributed by atoms with E-state index in [1.54, 1.807) is 32.4 Å². The quantitative estimate of drug-likeness (QED) is 0.429. The Morgan fingerprint density at radius 2 is 1.55 bits per heavy atom. The molecule has 1 aliphatic heterocycles. The number of aromatic hydroxyl groups is 1. The van der Waals surface area contributed by atoms with E-state index in [-0.39, 0.29) is 30.0 Å². The standard InChI is InChI=1S/C32H37NO7/c1-18-29(32(36)40-22-8-6-5-7-9-22)30(20-11-12-26(37-2)24(34)15-20)31-23(33-18)14-21(16-25(31)35)19-10-13-27(38-3)28(17-19)39-4/h10-13,15,17,21-22,30,33-34H,5-9,14,16H2,1-4H3. The van der Waals surface area contributed by atoms with Crippen LogP contribution in [0.1, 0.15) is 74.8 Å². The second-order valence-corrected chi connectivity index (χ2v) is 10.7. The largest absolute Gasteiger partial charge is 0.504 e. The number of phenols is 1. The number of hydrogen-bond donors (Lipinski definition) is 2. The van der Waals surface area contributed by atoms with E-state index in [0.29, 0.717) is 46.1 Å². The normalized spacial score (nSPS) is 21.4. The van der Waals surface area contributed by atoms with Gasteiger partial charge in [0.2, 0.25) is 0 Å². The first kappa shape index (κ1) is 27.6. The second kappa shape index (κ2) is 11.7. The summed E-state index contributed by atoms with van der Waals surface area (Å²) < 4.78 is 22.1. The summed E-state index contributed by atoms with van der Waals surface area (Å²) in [7, 11) is 4.66. The number of rotatable bonds is 7. The van der Waals surface area contributed by atoms with E-state index in [0.717, 1.165) is 43.4 Å². The van der Waals surface area contributed by atoms with E-state index < -0.39 is 11.9 Å². The van der Waals surface area contributed by atoms with Crippen LogP contribution in [0.15, 0.2) is 58.9 Å². The molecule has 2 aliphatic carbocycles. The van der Waals surface area contributed by atoms with Crippen molar-refractivity contribution in [2.24, 2.45) is 0 Å². The molecule has 0 radical (unpaired) electrons. The molecule has 2 unspecified atom stereocenters. The Labute approximate surface area is 235 Å². The Hall–Kier alpha value is -3.94. The average Bonchev–Trinajstić information content (AvgIpc) is 2.96. The Kier molecular flexibility index (Phi) is 8.05. The minimum atomic E-state index is -0.664. The van der Waals surface area contributed by atoms with Crippen LogP contribution in [-0.4, -0.2) is 44.3 Å². The van der Waals surface area contributed by atoms with Gasteiger partial charge in [0.15, 0.2) is 28.8 Å². The number of benzene rings is 2. The highest BCUT2D eigenvalue weighted by atomic mass is 16.5. The molecule has 40 heavy (non-hydrogen) atoms. The first-order valence-electron chi connectivity index (χ1n) is 13.9. The number of dihydropyridines is 1. The van der Waals surface area contributed by atoms with Crippen LogP contribution < -0.4 is 19.5 Å². The molecule has 0 amide bonds. The number of carbonyl (C=O) groups excluding carboxylic acids is 2. The third-order valence-corrected chi connectivity index (χ3v) is 8.29. The maximum Gasteiger partial charge on any atom is 0.337 e. The molecule has 2 atom stereocenters. The summed E-state index contributed by atoms with van der Waals surface area (Å²) in [5, 5.41) is 14.0. The molecule has 0 aromatic heterocycles. The number of esters is 1. The van der Waals surface area contributed by atoms with Crippen LogP contribution >= 0.6 is 0 Å². The summed E-state index contributed by atoms with van der Waals surface area (Å²) in [5.74, 6) is 0.299. The Morgan fingerprint density at radius 3 is 2.23 bits per heavy atom. The number of hydrogen-bond acceptors (Lipinski definition) is 8. The van der Waals surface area contributed by atoms with Crippen molar-refractivity contribution in [1.29, 1.82) is 0 Å². The van der Waals surface area contributed by atoms with Crippen molar-refractivity contribution in [3.05, 3.63) is 70.1 Å². The molecule has 2 N–H and O–H groups in total. The Bertz CT molecular complexity index is 1370. The number of methoxy groups -OCH3 is 3. The van der Waals surface area contributed by atoms with Crippen LogP contribution in [-0.2, 0) is 14.3 Å². The predicted molar refractivity (Wildman–Crippen MR) is 150 cm³/mol. The molecule has 0 bridgehead atoms. The van der Waals surface area contributed by atoms with Gasteiger partial charge in [-0.2, -0.15) is 0 Å². The van der Waals surface area contributed by atoms with Gasteiger partial charge in [0, 0.05) is 29.3 Å². The van der Waals surface area contributed by atoms with Gasteiger partial charge < -0.3 is 29.4 Å². The van der Waals surface area contributed by atoms with Crippen molar-refractivity contribution in [2.45, 2.75) is 69.8 Å². The summed E-state index contributed by atoms with van der Waals surface area (Å²) in [6.07, 6.45) is 5.65. The summed E-state index contributed by atoms with van der Waals surface area (Å²) >= 11 is 0. The number of ketones is 1. The topological polar surface area (TPSA) is 103 Å². The van der Waals surface area contributed by atoms with Gasteiger partial charge in [-0.1, -0.05) is 18.6 Å². The van der Waals surface area contributed by atoms with Gasteiger partial charge in [0.1, 0.15) is 6.10 Å². The van der Waals surface area contributed by atoms with Crippen LogP contribution in [0, 0.1) is 0 Å². The molecule has 0 spiro atoms. The van der Waals surface area contributed by atoms with E-state index in [4.69, 9.17) is 18.9 Å². The highest BCUT2D eigenvalue weighted by Gasteiger charge is 2.42. The molecule has 1 heterocycles. The molecule has 1 saturated carbocycles. The predicted octanol–water partition coefficient (Wildman–Crippen LogP) is 5.66. The maximum atomic E-state index is 13.9. The van der Waals surface area contributed by atoms with Gasteiger partial charge in [0.05, 0.1) is 26.9 Å². The van der Waals surface area contributed by atoms with Crippen LogP contribution in [0.25, 0.3) is 0 Å². The summed E-state index contributed by atoms with van der Waals surface area (Å²) in [6.45, 7) is 1.85. The molecule has 8 nitrogen and oxygen atoms in total. The lowest BCUT2D eigenvalue weighted by Crippen LogP contribution is -2.37. The minimum absolute atomic E-state index is 0.0511. The van der Waals surface area contributed by atoms with Crippen LogP contribution in [0.2, 0.25) is 0 Å². The number of allylic oxidation sites excluding steroid dienone is 3. The molecule has 2 aromatic rings. The highest BCUT2D eigenvalue weighted by Crippen LogP contribution is 2.47. The van der Waals surface area contributed by atoms with Gasteiger partial charge in [-0.3, -0.25) is 4.79 Å². The van der Waals surface area contributed by atoms with Gasteiger partial charge in [-0.05, 0) is 80.3 Å². The van der Waals surface area contributed by atoms with Crippen LogP contribution in [0.5, 0.6) is 23.0 Å². The highest BCUT2D eigenvalue weighted by molar-refractivity contribution is 6.04. The molecule has 8 heteroatoms. The van der Waals surface area contributed by atoms with Gasteiger partial charge in [0.25, 0.3) is 0 Å². The number of Topliss-reactive ketones (excluding diaryl/α,β-unsaturated/α-hetero) is 1. The van der Waals surface area contributed by atoms with Crippen molar-refractivity contribution in [2.75, 3.05) is 21.3 Å². The zero-order valence-electron chi connectivity index (χ0n) is 23.5. The third kappa shape index (κ3) is 5.27. The van der Waals surface area contributed by atoms with Crippen molar-refractivity contribution in [1.82, 2.24) is 5.32 Å². The molecule has 2 aromatic carbocycles. The summed E-state index contributed by atoms with van der Waals surface area (Å²) in [6, 6.07) is 10.8. The maximum absolute atomic E-state index is 13.9. The zero-order valence-corrected chi connectivity index (χ0v) is 23.5. The fraction of sp³-hybridized carbons (Fsp3) is 0.438. The lowest BCUT2D eigenvalue weighted by atomic mass is 9.71. The Balaban J connectivity index is 1.54. The molecule has 5 rings (SSSR count). The summed E-state index contributed by atoms with van der Waals surface area (Å²) in [5.41, 5.74) is 4.00. The molecular weight excluding hydrogens is 510 g/mol. The fourth-order valence-electron chi connectivity index (χ4n) is 6.27. The molecule has 3 aliphatic rings. The van der Waals surface area contributed by atoms with E-state index in [1.807, 2.05) is 25.1 Å². The van der Waals surface area contributed by atoms with Gasteiger partial charge >= 0.3 is 5.97 Å². The van der Waals surface area contributed by atoms with Crippen molar-refractivity contribution in [3.63, 3.8) is 0 Å². The molecule has 1 fully saturated rings. The van der Waals surface area contributed by atoms with E-state index in [2.05, 4.69) is 5.32 Å².